The number of hydrogen-bond donors (Lipinski definition) is 3. The van der Waals surface area contributed by atoms with Gasteiger partial charge in [-0.2, -0.15) is 0 Å². The van der Waals surface area contributed by atoms with Gasteiger partial charge < -0.3 is 33.8 Å². The summed E-state index contributed by atoms with van der Waals surface area (Å²) in [4.78, 5) is 72.8. The summed E-state index contributed by atoms with van der Waals surface area (Å²) in [7, 11) is -9.91. The number of aliphatic hydroxyl groups is 1. The molecular weight excluding hydrogens is 1250 g/mol. The van der Waals surface area contributed by atoms with Crippen molar-refractivity contribution in [3.63, 3.8) is 0 Å². The van der Waals surface area contributed by atoms with Crippen LogP contribution in [0.25, 0.3) is 0 Å². The Bertz CT molecular complexity index is 1820. The molecule has 564 valence electrons. The minimum Gasteiger partial charge on any atom is -0.462 e. The Hall–Kier alpha value is -1.94. The SMILES string of the molecule is CCCCCCCCCCCCCCCCC(=O)OC[C@H](COP(=O)(O)OC[C@@H](O)COP(=O)(O)OC[C@@H](COC(=O)CCCCCCCCCCCC)OC(=O)CCCCCCCCCCCCCCC)OC(=O)CCCCCCCCCCCCCCCCCC(C)C. The highest BCUT2D eigenvalue weighted by Crippen LogP contribution is 2.45. The van der Waals surface area contributed by atoms with E-state index < -0.39 is 97.5 Å². The molecule has 0 aliphatic rings. The highest BCUT2D eigenvalue weighted by Gasteiger charge is 2.30. The monoisotopic (exact) mass is 1400 g/mol. The number of esters is 4. The summed E-state index contributed by atoms with van der Waals surface area (Å²) in [5.41, 5.74) is 0. The van der Waals surface area contributed by atoms with Gasteiger partial charge in [0.2, 0.25) is 0 Å². The van der Waals surface area contributed by atoms with Gasteiger partial charge in [-0.3, -0.25) is 37.3 Å². The zero-order valence-electron chi connectivity index (χ0n) is 61.8. The van der Waals surface area contributed by atoms with Crippen LogP contribution in [0, 0.1) is 5.92 Å². The number of hydrogen-bond acceptors (Lipinski definition) is 15. The van der Waals surface area contributed by atoms with Gasteiger partial charge >= 0.3 is 39.5 Å². The summed E-state index contributed by atoms with van der Waals surface area (Å²) in [5, 5.41) is 10.6. The molecule has 0 aromatic rings. The maximum Gasteiger partial charge on any atom is 0.472 e. The molecule has 0 fully saturated rings. The van der Waals surface area contributed by atoms with Crippen LogP contribution in [0.4, 0.5) is 0 Å². The van der Waals surface area contributed by atoms with E-state index in [1.807, 2.05) is 0 Å². The first-order chi connectivity index (χ1) is 46.0. The van der Waals surface area contributed by atoms with E-state index in [-0.39, 0.29) is 25.7 Å². The molecule has 0 aromatic heterocycles. The fraction of sp³-hybridized carbons (Fsp3) is 0.947. The van der Waals surface area contributed by atoms with Crippen LogP contribution in [0.2, 0.25) is 0 Å². The minimum absolute atomic E-state index is 0.108. The number of rotatable bonds is 76. The van der Waals surface area contributed by atoms with Crippen LogP contribution in [0.3, 0.4) is 0 Å². The van der Waals surface area contributed by atoms with Crippen molar-refractivity contribution in [1.29, 1.82) is 0 Å². The van der Waals surface area contributed by atoms with Gasteiger partial charge in [0.25, 0.3) is 0 Å². The molecule has 0 heterocycles. The zero-order valence-corrected chi connectivity index (χ0v) is 63.6. The lowest BCUT2D eigenvalue weighted by Crippen LogP contribution is -2.30. The number of phosphoric acid groups is 2. The third-order valence-electron chi connectivity index (χ3n) is 17.8. The van der Waals surface area contributed by atoms with E-state index >= 15 is 0 Å². The standard InChI is InChI=1S/C76H148O17P2/c1-6-9-12-15-18-21-24-26-32-35-40-45-50-55-60-74(79)87-66-72(93-76(81)62-57-52-47-42-37-33-29-27-28-31-34-38-43-48-53-58-69(4)5)68-91-95(84,85)89-64-70(77)63-88-94(82,83)90-67-71(65-86-73(78)59-54-49-44-39-23-20-17-14-11-8-3)92-75(80)61-56-51-46-41-36-30-25-22-19-16-13-10-7-2/h69-72,77H,6-68H2,1-5H3,(H,82,83)(H,84,85)/t70-,71+,72+/m0/s1. The summed E-state index contributed by atoms with van der Waals surface area (Å²) in [6.45, 7) is 7.32. The van der Waals surface area contributed by atoms with Gasteiger partial charge in [0.1, 0.15) is 19.3 Å². The second-order valence-electron chi connectivity index (χ2n) is 27.9. The second kappa shape index (κ2) is 69.2. The molecule has 0 saturated heterocycles. The van der Waals surface area contributed by atoms with E-state index in [0.717, 1.165) is 95.8 Å². The topological polar surface area (TPSA) is 237 Å². The fourth-order valence-electron chi connectivity index (χ4n) is 11.7. The molecule has 0 rings (SSSR count). The van der Waals surface area contributed by atoms with Gasteiger partial charge in [-0.1, -0.05) is 349 Å². The molecule has 0 saturated carbocycles. The van der Waals surface area contributed by atoms with Gasteiger partial charge in [0, 0.05) is 25.7 Å². The van der Waals surface area contributed by atoms with Crippen molar-refractivity contribution >= 4 is 39.5 Å². The predicted octanol–water partition coefficient (Wildman–Crippen LogP) is 22.5. The summed E-state index contributed by atoms with van der Waals surface area (Å²) >= 11 is 0. The molecule has 0 spiro atoms. The van der Waals surface area contributed by atoms with E-state index in [9.17, 15) is 43.2 Å². The Kier molecular flexibility index (Phi) is 67.7. The molecule has 0 radical (unpaired) electrons. The van der Waals surface area contributed by atoms with Gasteiger partial charge in [0.15, 0.2) is 12.2 Å². The van der Waals surface area contributed by atoms with Crippen molar-refractivity contribution < 1.29 is 80.2 Å². The van der Waals surface area contributed by atoms with Crippen LogP contribution in [-0.4, -0.2) is 96.7 Å². The molecule has 0 aliphatic heterocycles. The van der Waals surface area contributed by atoms with Crippen molar-refractivity contribution in [3.05, 3.63) is 0 Å². The van der Waals surface area contributed by atoms with Crippen LogP contribution in [0.5, 0.6) is 0 Å². The van der Waals surface area contributed by atoms with Gasteiger partial charge in [-0.15, -0.1) is 0 Å². The molecule has 0 bridgehead atoms. The summed E-state index contributed by atoms with van der Waals surface area (Å²) in [6, 6.07) is 0. The van der Waals surface area contributed by atoms with Crippen molar-refractivity contribution in [2.24, 2.45) is 5.92 Å². The average Bonchev–Trinajstić information content (AvgIpc) is 3.68. The van der Waals surface area contributed by atoms with Crippen LogP contribution in [0.15, 0.2) is 0 Å². The first kappa shape index (κ1) is 93.1. The second-order valence-corrected chi connectivity index (χ2v) is 30.8. The minimum atomic E-state index is -4.96. The summed E-state index contributed by atoms with van der Waals surface area (Å²) < 4.78 is 68.5. The normalized spacial score (nSPS) is 13.9. The van der Waals surface area contributed by atoms with Crippen molar-refractivity contribution in [1.82, 2.24) is 0 Å². The first-order valence-corrected chi connectivity index (χ1v) is 42.6. The van der Waals surface area contributed by atoms with Gasteiger partial charge in [-0.05, 0) is 31.6 Å². The van der Waals surface area contributed by atoms with Crippen LogP contribution in [0.1, 0.15) is 401 Å². The Morgan fingerprint density at radius 3 is 0.716 bits per heavy atom. The third kappa shape index (κ3) is 70.3. The van der Waals surface area contributed by atoms with E-state index in [1.165, 1.54) is 225 Å². The molecule has 0 amide bonds. The van der Waals surface area contributed by atoms with Crippen molar-refractivity contribution in [2.75, 3.05) is 39.6 Å². The Labute approximate surface area is 581 Å². The summed E-state index contributed by atoms with van der Waals surface area (Å²) in [6.07, 6.45) is 58.1. The Balaban J connectivity index is 5.24. The number of aliphatic hydroxyl groups excluding tert-OH is 1. The van der Waals surface area contributed by atoms with E-state index in [1.54, 1.807) is 0 Å². The quantitative estimate of drug-likeness (QED) is 0.0222. The van der Waals surface area contributed by atoms with Crippen molar-refractivity contribution in [3.8, 4) is 0 Å². The number of phosphoric ester groups is 2. The molecule has 2 unspecified atom stereocenters. The number of unbranched alkanes of at least 4 members (excludes halogenated alkanes) is 48. The van der Waals surface area contributed by atoms with E-state index in [2.05, 4.69) is 34.6 Å². The highest BCUT2D eigenvalue weighted by atomic mass is 31.2. The third-order valence-corrected chi connectivity index (χ3v) is 19.7. The maximum absolute atomic E-state index is 13.1. The zero-order chi connectivity index (χ0) is 69.8. The predicted molar refractivity (Wildman–Crippen MR) is 386 cm³/mol. The largest absolute Gasteiger partial charge is 0.472 e. The molecule has 19 heteroatoms. The number of carbonyl (C=O) groups excluding carboxylic acids is 4. The lowest BCUT2D eigenvalue weighted by Gasteiger charge is -2.21. The van der Waals surface area contributed by atoms with Gasteiger partial charge in [-0.25, -0.2) is 9.13 Å². The summed E-state index contributed by atoms with van der Waals surface area (Å²) in [5.74, 6) is -1.31. The van der Waals surface area contributed by atoms with E-state index in [4.69, 9.17) is 37.0 Å². The Morgan fingerprint density at radius 2 is 0.484 bits per heavy atom. The number of ether oxygens (including phenoxy) is 4. The van der Waals surface area contributed by atoms with Crippen LogP contribution in [-0.2, 0) is 65.4 Å². The molecule has 0 aliphatic carbocycles. The van der Waals surface area contributed by atoms with Crippen molar-refractivity contribution in [2.45, 2.75) is 419 Å². The van der Waals surface area contributed by atoms with E-state index in [0.29, 0.717) is 25.7 Å². The number of carbonyl (C=O) groups is 4. The smallest absolute Gasteiger partial charge is 0.462 e. The maximum atomic E-state index is 13.1. The molecule has 5 atom stereocenters. The molecular formula is C76H148O17P2. The lowest BCUT2D eigenvalue weighted by molar-refractivity contribution is -0.161. The van der Waals surface area contributed by atoms with Gasteiger partial charge in [0.05, 0.1) is 26.4 Å². The molecule has 3 N–H and O–H groups in total. The average molecular weight is 1400 g/mol. The lowest BCUT2D eigenvalue weighted by atomic mass is 10.0. The first-order valence-electron chi connectivity index (χ1n) is 39.6. The Morgan fingerprint density at radius 1 is 0.284 bits per heavy atom. The molecule has 0 aromatic carbocycles. The van der Waals surface area contributed by atoms with Crippen LogP contribution < -0.4 is 0 Å². The molecule has 17 nitrogen and oxygen atoms in total. The highest BCUT2D eigenvalue weighted by molar-refractivity contribution is 7.47. The fourth-order valence-corrected chi connectivity index (χ4v) is 13.3. The molecule has 95 heavy (non-hydrogen) atoms. The van der Waals surface area contributed by atoms with Crippen LogP contribution >= 0.6 is 15.6 Å².